The number of hydrogen-bond donors (Lipinski definition) is 1. The summed E-state index contributed by atoms with van der Waals surface area (Å²) in [5.74, 6) is -0.0956. The molecule has 1 aromatic carbocycles. The normalized spacial score (nSPS) is 24.5. The van der Waals surface area contributed by atoms with E-state index < -0.39 is 5.60 Å². The molecule has 1 N–H and O–H groups in total. The van der Waals surface area contributed by atoms with Crippen molar-refractivity contribution in [3.8, 4) is 0 Å². The van der Waals surface area contributed by atoms with Crippen LogP contribution in [0.15, 0.2) is 24.3 Å². The number of ether oxygens (including phenoxy) is 1. The minimum absolute atomic E-state index is 0.0455. The Morgan fingerprint density at radius 1 is 1.17 bits per heavy atom. The number of rotatable bonds is 3. The van der Waals surface area contributed by atoms with Crippen LogP contribution in [0.3, 0.4) is 0 Å². The van der Waals surface area contributed by atoms with Crippen LogP contribution in [-0.4, -0.2) is 42.0 Å². The van der Waals surface area contributed by atoms with Gasteiger partial charge in [-0.05, 0) is 57.2 Å². The summed E-state index contributed by atoms with van der Waals surface area (Å²) in [6.07, 6.45) is 4.96. The van der Waals surface area contributed by atoms with E-state index in [0.29, 0.717) is 17.9 Å². The van der Waals surface area contributed by atoms with Crippen molar-refractivity contribution < 1.29 is 14.3 Å². The Bertz CT molecular complexity index is 588. The van der Waals surface area contributed by atoms with Gasteiger partial charge < -0.3 is 15.0 Å². The van der Waals surface area contributed by atoms with Crippen LogP contribution in [0.4, 0.5) is 5.69 Å². The highest BCUT2D eigenvalue weighted by Crippen LogP contribution is 2.27. The molecule has 1 aromatic rings. The lowest BCUT2D eigenvalue weighted by Crippen LogP contribution is -2.39. The molecule has 5 heteroatoms. The molecule has 2 saturated heterocycles. The van der Waals surface area contributed by atoms with Crippen LogP contribution in [0.2, 0.25) is 0 Å². The molecule has 2 amide bonds. The fourth-order valence-electron chi connectivity index (χ4n) is 3.23. The lowest BCUT2D eigenvalue weighted by Gasteiger charge is -2.27. The van der Waals surface area contributed by atoms with Crippen molar-refractivity contribution in [1.29, 1.82) is 0 Å². The first-order chi connectivity index (χ1) is 11.1. The zero-order valence-electron chi connectivity index (χ0n) is 13.6. The van der Waals surface area contributed by atoms with Crippen LogP contribution >= 0.6 is 0 Å². The minimum Gasteiger partial charge on any atom is -0.365 e. The predicted octanol–water partition coefficient (Wildman–Crippen LogP) is 2.82. The zero-order valence-corrected chi connectivity index (χ0v) is 13.6. The molecule has 0 aliphatic carbocycles. The fraction of sp³-hybridized carbons (Fsp3) is 0.556. The Balaban J connectivity index is 1.69. The monoisotopic (exact) mass is 316 g/mol. The number of nitrogens with zero attached hydrogens (tertiary/aromatic N) is 1. The summed E-state index contributed by atoms with van der Waals surface area (Å²) in [5.41, 5.74) is 0.518. The van der Waals surface area contributed by atoms with Crippen molar-refractivity contribution in [2.24, 2.45) is 0 Å². The summed E-state index contributed by atoms with van der Waals surface area (Å²) in [6.45, 7) is 4.08. The molecule has 0 bridgehead atoms. The molecule has 2 heterocycles. The maximum Gasteiger partial charge on any atom is 0.256 e. The van der Waals surface area contributed by atoms with Crippen LogP contribution in [0.25, 0.3) is 0 Å². The summed E-state index contributed by atoms with van der Waals surface area (Å²) in [5, 5.41) is 2.89. The topological polar surface area (TPSA) is 58.6 Å². The van der Waals surface area contributed by atoms with Gasteiger partial charge in [0.1, 0.15) is 5.60 Å². The van der Waals surface area contributed by atoms with Crippen LogP contribution < -0.4 is 5.32 Å². The quantitative estimate of drug-likeness (QED) is 0.933. The Labute approximate surface area is 137 Å². The second kappa shape index (κ2) is 6.71. The van der Waals surface area contributed by atoms with Crippen LogP contribution in [-0.2, 0) is 9.53 Å². The summed E-state index contributed by atoms with van der Waals surface area (Å²) in [4.78, 5) is 26.8. The lowest BCUT2D eigenvalue weighted by atomic mass is 10.0. The Morgan fingerprint density at radius 2 is 1.96 bits per heavy atom. The van der Waals surface area contributed by atoms with Gasteiger partial charge in [0.2, 0.25) is 0 Å². The molecule has 0 saturated carbocycles. The molecular weight excluding hydrogens is 292 g/mol. The van der Waals surface area contributed by atoms with Crippen molar-refractivity contribution in [3.05, 3.63) is 29.8 Å². The van der Waals surface area contributed by atoms with Gasteiger partial charge in [-0.2, -0.15) is 0 Å². The number of hydrogen-bond acceptors (Lipinski definition) is 3. The molecule has 2 aliphatic rings. The number of benzene rings is 1. The van der Waals surface area contributed by atoms with Crippen molar-refractivity contribution in [1.82, 2.24) is 4.90 Å². The van der Waals surface area contributed by atoms with Gasteiger partial charge in [-0.15, -0.1) is 0 Å². The first-order valence-corrected chi connectivity index (χ1v) is 8.43. The first-order valence-electron chi connectivity index (χ1n) is 8.43. The number of amides is 2. The summed E-state index contributed by atoms with van der Waals surface area (Å²) in [7, 11) is 0. The standard InChI is InChI=1S/C18H24N2O3/c1-18(9-6-12-23-18)17(22)19-15-8-5-7-14(13-15)16(21)20-10-3-2-4-11-20/h5,7-8,13H,2-4,6,9-12H2,1H3,(H,19,22). The molecule has 0 spiro atoms. The Morgan fingerprint density at radius 3 is 2.65 bits per heavy atom. The van der Waals surface area contributed by atoms with Crippen LogP contribution in [0.5, 0.6) is 0 Å². The van der Waals surface area contributed by atoms with Crippen molar-refractivity contribution in [2.45, 2.75) is 44.6 Å². The highest BCUT2D eigenvalue weighted by Gasteiger charge is 2.37. The molecule has 2 fully saturated rings. The molecule has 1 unspecified atom stereocenters. The fourth-order valence-corrected chi connectivity index (χ4v) is 3.23. The third kappa shape index (κ3) is 3.55. The van der Waals surface area contributed by atoms with E-state index in [4.69, 9.17) is 4.74 Å². The number of carbonyl (C=O) groups is 2. The van der Waals surface area contributed by atoms with Gasteiger partial charge in [-0.25, -0.2) is 0 Å². The average molecular weight is 316 g/mol. The van der Waals surface area contributed by atoms with E-state index in [0.717, 1.165) is 38.8 Å². The van der Waals surface area contributed by atoms with Gasteiger partial charge in [0, 0.05) is 30.9 Å². The van der Waals surface area contributed by atoms with E-state index in [1.165, 1.54) is 6.42 Å². The van der Waals surface area contributed by atoms with E-state index in [-0.39, 0.29) is 11.8 Å². The number of likely N-dealkylation sites (tertiary alicyclic amines) is 1. The second-order valence-electron chi connectivity index (χ2n) is 6.57. The van der Waals surface area contributed by atoms with Crippen molar-refractivity contribution >= 4 is 17.5 Å². The van der Waals surface area contributed by atoms with Gasteiger partial charge in [-0.1, -0.05) is 6.07 Å². The number of anilines is 1. The van der Waals surface area contributed by atoms with E-state index in [9.17, 15) is 9.59 Å². The third-order valence-electron chi connectivity index (χ3n) is 4.71. The molecule has 23 heavy (non-hydrogen) atoms. The van der Waals surface area contributed by atoms with Crippen molar-refractivity contribution in [3.63, 3.8) is 0 Å². The molecule has 5 nitrogen and oxygen atoms in total. The number of piperidine rings is 1. The third-order valence-corrected chi connectivity index (χ3v) is 4.71. The maximum atomic E-state index is 12.5. The predicted molar refractivity (Wildman–Crippen MR) is 88.4 cm³/mol. The number of carbonyl (C=O) groups excluding carboxylic acids is 2. The molecule has 124 valence electrons. The molecule has 0 aromatic heterocycles. The van der Waals surface area contributed by atoms with Gasteiger partial charge >= 0.3 is 0 Å². The molecule has 2 aliphatic heterocycles. The van der Waals surface area contributed by atoms with Crippen LogP contribution in [0, 0.1) is 0 Å². The van der Waals surface area contributed by atoms with E-state index >= 15 is 0 Å². The summed E-state index contributed by atoms with van der Waals surface area (Å²) < 4.78 is 5.56. The van der Waals surface area contributed by atoms with Crippen LogP contribution in [0.1, 0.15) is 49.4 Å². The molecule has 0 radical (unpaired) electrons. The van der Waals surface area contributed by atoms with Gasteiger partial charge in [0.25, 0.3) is 11.8 Å². The van der Waals surface area contributed by atoms with Crippen molar-refractivity contribution in [2.75, 3.05) is 25.0 Å². The second-order valence-corrected chi connectivity index (χ2v) is 6.57. The summed E-state index contributed by atoms with van der Waals surface area (Å²) in [6, 6.07) is 7.18. The zero-order chi connectivity index (χ0) is 16.3. The maximum absolute atomic E-state index is 12.5. The molecule has 3 rings (SSSR count). The molecular formula is C18H24N2O3. The highest BCUT2D eigenvalue weighted by molar-refractivity contribution is 5.99. The largest absolute Gasteiger partial charge is 0.365 e. The Kier molecular flexibility index (Phi) is 4.66. The summed E-state index contributed by atoms with van der Waals surface area (Å²) >= 11 is 0. The lowest BCUT2D eigenvalue weighted by molar-refractivity contribution is -0.133. The van der Waals surface area contributed by atoms with E-state index in [2.05, 4.69) is 5.32 Å². The number of nitrogens with one attached hydrogen (secondary N) is 1. The SMILES string of the molecule is CC1(C(=O)Nc2cccc(C(=O)N3CCCCC3)c2)CCCO1. The van der Waals surface area contributed by atoms with Gasteiger partial charge in [0.05, 0.1) is 0 Å². The smallest absolute Gasteiger partial charge is 0.256 e. The van der Waals surface area contributed by atoms with Gasteiger partial charge in [-0.3, -0.25) is 9.59 Å². The highest BCUT2D eigenvalue weighted by atomic mass is 16.5. The van der Waals surface area contributed by atoms with E-state index in [1.807, 2.05) is 24.0 Å². The minimum atomic E-state index is -0.757. The Hall–Kier alpha value is -1.88. The molecule has 1 atom stereocenters. The average Bonchev–Trinajstić information content (AvgIpc) is 3.03. The first kappa shape index (κ1) is 16.0. The van der Waals surface area contributed by atoms with Gasteiger partial charge in [0.15, 0.2) is 0 Å². The van der Waals surface area contributed by atoms with E-state index in [1.54, 1.807) is 12.1 Å².